The summed E-state index contributed by atoms with van der Waals surface area (Å²) in [6, 6.07) is 16.7. The van der Waals surface area contributed by atoms with Crippen molar-refractivity contribution in [1.82, 2.24) is 4.98 Å². The normalized spacial score (nSPS) is 15.1. The van der Waals surface area contributed by atoms with Crippen LogP contribution in [0.25, 0.3) is 0 Å². The molecule has 0 saturated heterocycles. The van der Waals surface area contributed by atoms with E-state index in [2.05, 4.69) is 16.0 Å². The summed E-state index contributed by atoms with van der Waals surface area (Å²) in [4.78, 5) is 17.5. The maximum atomic E-state index is 11.1. The molecule has 29 heavy (non-hydrogen) atoms. The number of non-ortho nitro benzene ring substituents is 1. The highest BCUT2D eigenvalue weighted by atomic mass is 16.6. The maximum Gasteiger partial charge on any atom is 0.269 e. The van der Waals surface area contributed by atoms with Crippen LogP contribution in [0.4, 0.5) is 11.5 Å². The number of hydrogen-bond donors (Lipinski definition) is 0. The largest absolute Gasteiger partial charge is 0.493 e. The number of ether oxygens (including phenoxy) is 2. The number of hydrogen-bond acceptors (Lipinski definition) is 6. The summed E-state index contributed by atoms with van der Waals surface area (Å²) >= 11 is 0. The molecule has 4 rings (SSSR count). The first-order chi connectivity index (χ1) is 14.1. The lowest BCUT2D eigenvalue weighted by molar-refractivity contribution is -0.384. The summed E-state index contributed by atoms with van der Waals surface area (Å²) in [7, 11) is 3.24. The second-order valence-corrected chi connectivity index (χ2v) is 6.89. The summed E-state index contributed by atoms with van der Waals surface area (Å²) in [5.41, 5.74) is 3.21. The number of nitro groups is 1. The van der Waals surface area contributed by atoms with E-state index < -0.39 is 0 Å². The number of aromatic nitrogens is 1. The van der Waals surface area contributed by atoms with Crippen LogP contribution in [-0.4, -0.2) is 30.7 Å². The lowest BCUT2D eigenvalue weighted by Gasteiger charge is -2.19. The van der Waals surface area contributed by atoms with Crippen LogP contribution in [0.1, 0.15) is 22.6 Å². The van der Waals surface area contributed by atoms with Gasteiger partial charge in [0.1, 0.15) is 5.82 Å². The van der Waals surface area contributed by atoms with E-state index in [0.717, 1.165) is 29.1 Å². The maximum absolute atomic E-state index is 11.1. The Morgan fingerprint density at radius 2 is 1.93 bits per heavy atom. The number of pyridine rings is 1. The molecule has 2 aromatic carbocycles. The van der Waals surface area contributed by atoms with E-state index in [9.17, 15) is 10.1 Å². The highest BCUT2D eigenvalue weighted by Gasteiger charge is 2.31. The smallest absolute Gasteiger partial charge is 0.269 e. The zero-order valence-corrected chi connectivity index (χ0v) is 16.2. The number of methoxy groups -OCH3 is 2. The Morgan fingerprint density at radius 3 is 2.69 bits per heavy atom. The zero-order chi connectivity index (χ0) is 20.4. The molecule has 1 unspecified atom stereocenters. The highest BCUT2D eigenvalue weighted by molar-refractivity contribution is 5.59. The van der Waals surface area contributed by atoms with E-state index in [1.54, 1.807) is 32.5 Å². The van der Waals surface area contributed by atoms with E-state index in [4.69, 9.17) is 9.47 Å². The van der Waals surface area contributed by atoms with Crippen LogP contribution >= 0.6 is 0 Å². The number of fused-ring (bicyclic) bond motifs is 1. The predicted octanol–water partition coefficient (Wildman–Crippen LogP) is 4.16. The molecule has 3 aromatic rings. The lowest BCUT2D eigenvalue weighted by atomic mass is 9.94. The van der Waals surface area contributed by atoms with Crippen molar-refractivity contribution in [1.29, 1.82) is 0 Å². The Labute approximate surface area is 168 Å². The number of benzene rings is 2. The van der Waals surface area contributed by atoms with E-state index >= 15 is 0 Å². The third-order valence-electron chi connectivity index (χ3n) is 5.20. The van der Waals surface area contributed by atoms with E-state index in [-0.39, 0.29) is 16.5 Å². The van der Waals surface area contributed by atoms with Gasteiger partial charge in [0.15, 0.2) is 11.5 Å². The molecule has 1 aromatic heterocycles. The van der Waals surface area contributed by atoms with Gasteiger partial charge in [0, 0.05) is 42.9 Å². The Kier molecular flexibility index (Phi) is 5.03. The highest BCUT2D eigenvalue weighted by Crippen LogP contribution is 2.41. The summed E-state index contributed by atoms with van der Waals surface area (Å²) in [6.45, 7) is 1.28. The molecule has 1 aliphatic heterocycles. The standard InChI is InChI=1S/C22H21N3O4/c1-28-20-9-8-16(12-21(20)29-2)19-14-24(22-18(19)7-4-10-23-22)13-15-5-3-6-17(11-15)25(26)27/h3-12,19H,13-14H2,1-2H3. The Morgan fingerprint density at radius 1 is 1.10 bits per heavy atom. The van der Waals surface area contributed by atoms with Crippen molar-refractivity contribution >= 4 is 11.5 Å². The molecular formula is C22H21N3O4. The number of nitro benzene ring substituents is 1. The van der Waals surface area contributed by atoms with Crippen molar-refractivity contribution in [2.45, 2.75) is 12.5 Å². The van der Waals surface area contributed by atoms with E-state index in [0.29, 0.717) is 18.0 Å². The average Bonchev–Trinajstić information content (AvgIpc) is 3.12. The Hall–Kier alpha value is -3.61. The first-order valence-electron chi connectivity index (χ1n) is 9.26. The fourth-order valence-corrected chi connectivity index (χ4v) is 3.83. The Bertz CT molecular complexity index is 1050. The van der Waals surface area contributed by atoms with Gasteiger partial charge in [0.25, 0.3) is 5.69 Å². The molecule has 0 saturated carbocycles. The van der Waals surface area contributed by atoms with Gasteiger partial charge in [0.05, 0.1) is 19.1 Å². The second kappa shape index (κ2) is 7.79. The average molecular weight is 391 g/mol. The molecule has 0 spiro atoms. The van der Waals surface area contributed by atoms with Crippen LogP contribution in [-0.2, 0) is 6.54 Å². The molecule has 1 atom stereocenters. The van der Waals surface area contributed by atoms with E-state index in [1.165, 1.54) is 6.07 Å². The molecule has 0 aliphatic carbocycles. The van der Waals surface area contributed by atoms with Gasteiger partial charge in [0.2, 0.25) is 0 Å². The number of rotatable bonds is 6. The topological polar surface area (TPSA) is 77.7 Å². The minimum Gasteiger partial charge on any atom is -0.493 e. The zero-order valence-electron chi connectivity index (χ0n) is 16.2. The van der Waals surface area contributed by atoms with Gasteiger partial charge in [-0.15, -0.1) is 0 Å². The molecule has 0 amide bonds. The molecule has 0 bridgehead atoms. The van der Waals surface area contributed by atoms with Crippen LogP contribution in [0.5, 0.6) is 11.5 Å². The van der Waals surface area contributed by atoms with Crippen molar-refractivity contribution < 1.29 is 14.4 Å². The van der Waals surface area contributed by atoms with E-state index in [1.807, 2.05) is 30.3 Å². The van der Waals surface area contributed by atoms with Crippen LogP contribution in [0.2, 0.25) is 0 Å². The monoisotopic (exact) mass is 391 g/mol. The fourth-order valence-electron chi connectivity index (χ4n) is 3.83. The van der Waals surface area contributed by atoms with Gasteiger partial charge >= 0.3 is 0 Å². The fraction of sp³-hybridized carbons (Fsp3) is 0.227. The van der Waals surface area contributed by atoms with Crippen molar-refractivity contribution in [3.8, 4) is 11.5 Å². The predicted molar refractivity (Wildman–Crippen MR) is 110 cm³/mol. The first kappa shape index (κ1) is 18.7. The molecule has 148 valence electrons. The van der Waals surface area contributed by atoms with Gasteiger partial charge in [-0.3, -0.25) is 10.1 Å². The summed E-state index contributed by atoms with van der Waals surface area (Å²) in [6.07, 6.45) is 1.77. The minimum atomic E-state index is -0.369. The summed E-state index contributed by atoms with van der Waals surface area (Å²) in [5, 5.41) is 11.1. The number of anilines is 1. The molecule has 1 aliphatic rings. The molecule has 0 N–H and O–H groups in total. The van der Waals surface area contributed by atoms with Gasteiger partial charge < -0.3 is 14.4 Å². The summed E-state index contributed by atoms with van der Waals surface area (Å²) in [5.74, 6) is 2.40. The molecule has 7 heteroatoms. The van der Waals surface area contributed by atoms with Crippen LogP contribution in [0, 0.1) is 10.1 Å². The summed E-state index contributed by atoms with van der Waals surface area (Å²) < 4.78 is 10.8. The second-order valence-electron chi connectivity index (χ2n) is 6.89. The lowest BCUT2D eigenvalue weighted by Crippen LogP contribution is -2.22. The van der Waals surface area contributed by atoms with Gasteiger partial charge in [-0.25, -0.2) is 4.98 Å². The van der Waals surface area contributed by atoms with Crippen LogP contribution < -0.4 is 14.4 Å². The van der Waals surface area contributed by atoms with Gasteiger partial charge in [-0.2, -0.15) is 0 Å². The number of nitrogens with zero attached hydrogens (tertiary/aromatic N) is 3. The van der Waals surface area contributed by atoms with Crippen LogP contribution in [0.15, 0.2) is 60.8 Å². The quantitative estimate of drug-likeness (QED) is 0.464. The SMILES string of the molecule is COc1ccc(C2CN(Cc3cccc([N+](=O)[O-])c3)c3ncccc32)cc1OC. The van der Waals surface area contributed by atoms with Crippen molar-refractivity contribution in [2.24, 2.45) is 0 Å². The third kappa shape index (κ3) is 3.59. The molecule has 2 heterocycles. The van der Waals surface area contributed by atoms with Gasteiger partial charge in [-0.05, 0) is 29.3 Å². The van der Waals surface area contributed by atoms with Crippen molar-refractivity contribution in [3.05, 3.63) is 87.6 Å². The minimum absolute atomic E-state index is 0.0967. The van der Waals surface area contributed by atoms with Crippen molar-refractivity contribution in [3.63, 3.8) is 0 Å². The molecular weight excluding hydrogens is 370 g/mol. The van der Waals surface area contributed by atoms with Crippen molar-refractivity contribution in [2.75, 3.05) is 25.7 Å². The third-order valence-corrected chi connectivity index (χ3v) is 5.20. The molecule has 0 radical (unpaired) electrons. The molecule has 7 nitrogen and oxygen atoms in total. The molecule has 0 fully saturated rings. The Balaban J connectivity index is 1.66. The first-order valence-corrected chi connectivity index (χ1v) is 9.26. The van der Waals surface area contributed by atoms with Gasteiger partial charge in [-0.1, -0.05) is 24.3 Å². The van der Waals surface area contributed by atoms with Crippen LogP contribution in [0.3, 0.4) is 0 Å².